The molecule has 0 saturated heterocycles. The first kappa shape index (κ1) is 9.14. The van der Waals surface area contributed by atoms with Crippen molar-refractivity contribution >= 4 is 12.1 Å². The molecule has 2 N–H and O–H groups in total. The zero-order valence-electron chi connectivity index (χ0n) is 6.31. The Morgan fingerprint density at radius 3 is 2.80 bits per heavy atom. The second kappa shape index (κ2) is 6.26. The Kier molecular flexibility index (Phi) is 5.72. The fourth-order valence-electron chi connectivity index (χ4n) is 0.636. The van der Waals surface area contributed by atoms with Crippen LogP contribution in [0, 0.1) is 5.41 Å². The van der Waals surface area contributed by atoms with Gasteiger partial charge in [-0.15, -0.1) is 0 Å². The van der Waals surface area contributed by atoms with Crippen molar-refractivity contribution in [1.29, 1.82) is 5.41 Å². The Balaban J connectivity index is 2.90. The van der Waals surface area contributed by atoms with Gasteiger partial charge < -0.3 is 10.7 Å². The molecule has 0 heterocycles. The molecule has 0 bridgehead atoms. The molecule has 0 unspecified atom stereocenters. The molecule has 0 fully saturated rings. The van der Waals surface area contributed by atoms with Gasteiger partial charge in [0.25, 0.3) is 0 Å². The van der Waals surface area contributed by atoms with Crippen LogP contribution in [-0.4, -0.2) is 18.7 Å². The summed E-state index contributed by atoms with van der Waals surface area (Å²) in [7, 11) is 0. The molecule has 58 valence electrons. The van der Waals surface area contributed by atoms with Crippen molar-refractivity contribution in [2.45, 2.75) is 26.2 Å². The minimum absolute atomic E-state index is 0.0230. The fraction of sp³-hybridized carbons (Fsp3) is 0.714. The summed E-state index contributed by atoms with van der Waals surface area (Å²) < 4.78 is 0. The molecule has 3 heteroatoms. The van der Waals surface area contributed by atoms with Gasteiger partial charge in [0.05, 0.1) is 0 Å². The Hall–Kier alpha value is -0.860. The van der Waals surface area contributed by atoms with Gasteiger partial charge >= 0.3 is 0 Å². The van der Waals surface area contributed by atoms with E-state index in [1.165, 1.54) is 13.1 Å². The first-order chi connectivity index (χ1) is 4.77. The maximum atomic E-state index is 10.3. The minimum atomic E-state index is 0.0230. The molecule has 10 heavy (non-hydrogen) atoms. The Morgan fingerprint density at radius 2 is 2.30 bits per heavy atom. The Morgan fingerprint density at radius 1 is 1.60 bits per heavy atom. The molecule has 0 aliphatic carbocycles. The Labute approximate surface area is 61.3 Å². The predicted octanol–water partition coefficient (Wildman–Crippen LogP) is 0.942. The van der Waals surface area contributed by atoms with E-state index in [4.69, 9.17) is 5.41 Å². The first-order valence-electron chi connectivity index (χ1n) is 3.50. The molecule has 0 saturated carbocycles. The minimum Gasteiger partial charge on any atom is -0.356 e. The monoisotopic (exact) mass is 142 g/mol. The van der Waals surface area contributed by atoms with E-state index in [0.717, 1.165) is 25.8 Å². The summed E-state index contributed by atoms with van der Waals surface area (Å²) in [4.78, 5) is 10.3. The number of rotatable bonds is 5. The van der Waals surface area contributed by atoms with Gasteiger partial charge in [0.15, 0.2) is 0 Å². The lowest BCUT2D eigenvalue weighted by molar-refractivity contribution is -0.118. The smallest absolute Gasteiger partial charge is 0.216 e. The average molecular weight is 142 g/mol. The normalized spacial score (nSPS) is 8.90. The van der Waals surface area contributed by atoms with Gasteiger partial charge in [-0.3, -0.25) is 4.79 Å². The number of carbonyl (C=O) groups is 1. The molecule has 0 aliphatic heterocycles. The maximum absolute atomic E-state index is 10.3. The summed E-state index contributed by atoms with van der Waals surface area (Å²) in [6.45, 7) is 2.25. The quantitative estimate of drug-likeness (QED) is 0.435. The summed E-state index contributed by atoms with van der Waals surface area (Å²) in [5, 5.41) is 9.40. The number of unbranched alkanes of at least 4 members (excludes halogenated alkanes) is 2. The van der Waals surface area contributed by atoms with E-state index in [9.17, 15) is 4.79 Å². The van der Waals surface area contributed by atoms with Crippen LogP contribution in [0.4, 0.5) is 0 Å². The summed E-state index contributed by atoms with van der Waals surface area (Å²) in [5.41, 5.74) is 0. The highest BCUT2D eigenvalue weighted by atomic mass is 16.1. The van der Waals surface area contributed by atoms with E-state index < -0.39 is 0 Å². The maximum Gasteiger partial charge on any atom is 0.216 e. The van der Waals surface area contributed by atoms with Gasteiger partial charge in [0.2, 0.25) is 5.91 Å². The molecule has 1 amide bonds. The van der Waals surface area contributed by atoms with Crippen molar-refractivity contribution in [3.63, 3.8) is 0 Å². The zero-order valence-corrected chi connectivity index (χ0v) is 6.31. The summed E-state index contributed by atoms with van der Waals surface area (Å²) in [6, 6.07) is 0. The van der Waals surface area contributed by atoms with Gasteiger partial charge in [-0.05, 0) is 25.5 Å². The number of nitrogens with one attached hydrogen (secondary N) is 2. The van der Waals surface area contributed by atoms with Gasteiger partial charge in [-0.25, -0.2) is 0 Å². The van der Waals surface area contributed by atoms with E-state index in [2.05, 4.69) is 5.32 Å². The molecular formula is C7H14N2O. The lowest BCUT2D eigenvalue weighted by atomic mass is 10.2. The number of hydrogen-bond acceptors (Lipinski definition) is 2. The topological polar surface area (TPSA) is 53.0 Å². The van der Waals surface area contributed by atoms with Crippen molar-refractivity contribution in [3.05, 3.63) is 0 Å². The summed E-state index contributed by atoms with van der Waals surface area (Å²) in [6.07, 6.45) is 4.17. The van der Waals surface area contributed by atoms with Crippen LogP contribution in [-0.2, 0) is 4.79 Å². The SMILES string of the molecule is CC(=O)NCCCCC=N. The van der Waals surface area contributed by atoms with Gasteiger partial charge in [0.1, 0.15) is 0 Å². The molecule has 3 nitrogen and oxygen atoms in total. The number of carbonyl (C=O) groups excluding carboxylic acids is 1. The highest BCUT2D eigenvalue weighted by Gasteiger charge is 1.88. The van der Waals surface area contributed by atoms with Crippen molar-refractivity contribution in [3.8, 4) is 0 Å². The van der Waals surface area contributed by atoms with Crippen LogP contribution in [0.5, 0.6) is 0 Å². The van der Waals surface area contributed by atoms with E-state index in [-0.39, 0.29) is 5.91 Å². The summed E-state index contributed by atoms with van der Waals surface area (Å²) in [5.74, 6) is 0.0230. The Bertz CT molecular complexity index is 112. The first-order valence-corrected chi connectivity index (χ1v) is 3.50. The lowest BCUT2D eigenvalue weighted by Gasteiger charge is -1.98. The van der Waals surface area contributed by atoms with Crippen LogP contribution in [0.2, 0.25) is 0 Å². The van der Waals surface area contributed by atoms with Crippen molar-refractivity contribution in [2.75, 3.05) is 6.54 Å². The van der Waals surface area contributed by atoms with E-state index in [1.54, 1.807) is 0 Å². The predicted molar refractivity (Wildman–Crippen MR) is 41.3 cm³/mol. The van der Waals surface area contributed by atoms with Crippen LogP contribution in [0.1, 0.15) is 26.2 Å². The molecule has 0 aromatic rings. The van der Waals surface area contributed by atoms with Crippen molar-refractivity contribution in [2.24, 2.45) is 0 Å². The van der Waals surface area contributed by atoms with Crippen LogP contribution in [0.25, 0.3) is 0 Å². The summed E-state index contributed by atoms with van der Waals surface area (Å²) >= 11 is 0. The van der Waals surface area contributed by atoms with Crippen LogP contribution in [0.15, 0.2) is 0 Å². The van der Waals surface area contributed by atoms with Gasteiger partial charge in [-0.1, -0.05) is 0 Å². The zero-order chi connectivity index (χ0) is 7.82. The highest BCUT2D eigenvalue weighted by Crippen LogP contribution is 1.89. The molecule has 0 spiro atoms. The number of amides is 1. The standard InChI is InChI=1S/C7H14N2O/c1-7(10)9-6-4-2-3-5-8/h5,8H,2-4,6H2,1H3,(H,9,10). The van der Waals surface area contributed by atoms with E-state index >= 15 is 0 Å². The third kappa shape index (κ3) is 7.14. The van der Waals surface area contributed by atoms with Crippen LogP contribution in [0.3, 0.4) is 0 Å². The third-order valence-corrected chi connectivity index (χ3v) is 1.15. The van der Waals surface area contributed by atoms with Crippen LogP contribution < -0.4 is 5.32 Å². The second-order valence-corrected chi connectivity index (χ2v) is 2.18. The van der Waals surface area contributed by atoms with Crippen molar-refractivity contribution < 1.29 is 4.79 Å². The molecule has 0 aromatic heterocycles. The van der Waals surface area contributed by atoms with Crippen LogP contribution >= 0.6 is 0 Å². The van der Waals surface area contributed by atoms with Crippen molar-refractivity contribution in [1.82, 2.24) is 5.32 Å². The molecular weight excluding hydrogens is 128 g/mol. The number of hydrogen-bond donors (Lipinski definition) is 2. The highest BCUT2D eigenvalue weighted by molar-refractivity contribution is 5.72. The average Bonchev–Trinajstić information content (AvgIpc) is 1.87. The van der Waals surface area contributed by atoms with Gasteiger partial charge in [0, 0.05) is 13.5 Å². The fourth-order valence-corrected chi connectivity index (χ4v) is 0.636. The second-order valence-electron chi connectivity index (χ2n) is 2.18. The molecule has 0 rings (SSSR count). The molecule has 0 aromatic carbocycles. The largest absolute Gasteiger partial charge is 0.356 e. The molecule has 0 atom stereocenters. The van der Waals surface area contributed by atoms with E-state index in [1.807, 2.05) is 0 Å². The lowest BCUT2D eigenvalue weighted by Crippen LogP contribution is -2.20. The third-order valence-electron chi connectivity index (χ3n) is 1.15. The van der Waals surface area contributed by atoms with Gasteiger partial charge in [-0.2, -0.15) is 0 Å². The van der Waals surface area contributed by atoms with E-state index in [0.29, 0.717) is 0 Å². The molecule has 0 radical (unpaired) electrons. The molecule has 0 aliphatic rings.